The van der Waals surface area contributed by atoms with Gasteiger partial charge in [-0.25, -0.2) is 0 Å². The normalized spacial score (nSPS) is 12.6. The molecule has 8 heteroatoms. The number of nitrogens with two attached hydrogens (primary N) is 1. The Balaban J connectivity index is 1.69. The van der Waals surface area contributed by atoms with E-state index >= 15 is 0 Å². The van der Waals surface area contributed by atoms with Crippen LogP contribution in [0.4, 0.5) is 13.2 Å². The van der Waals surface area contributed by atoms with Crippen LogP contribution in [0.1, 0.15) is 22.7 Å². The Kier molecular flexibility index (Phi) is 6.43. The summed E-state index contributed by atoms with van der Waals surface area (Å²) in [6.07, 6.45) is -4.58. The minimum Gasteiger partial charge on any atom is -0.320 e. The van der Waals surface area contributed by atoms with Gasteiger partial charge in [0.2, 0.25) is 0 Å². The molecule has 0 aliphatic heterocycles. The smallest absolute Gasteiger partial charge is 0.320 e. The van der Waals surface area contributed by atoms with Crippen molar-refractivity contribution in [2.75, 3.05) is 0 Å². The molecule has 180 valence electrons. The summed E-state index contributed by atoms with van der Waals surface area (Å²) in [7, 11) is 0. The molecule has 0 saturated carbocycles. The summed E-state index contributed by atoms with van der Waals surface area (Å²) in [4.78, 5) is 0. The van der Waals surface area contributed by atoms with Crippen LogP contribution in [0.3, 0.4) is 0 Å². The third-order valence-electron chi connectivity index (χ3n) is 5.99. The molecule has 2 N–H and O–H groups in total. The molecule has 1 atom stereocenters. The third kappa shape index (κ3) is 4.44. The van der Waals surface area contributed by atoms with Gasteiger partial charge in [0, 0.05) is 16.5 Å². The van der Waals surface area contributed by atoms with Gasteiger partial charge in [-0.1, -0.05) is 96.0 Å². The maximum Gasteiger partial charge on any atom is 0.417 e. The van der Waals surface area contributed by atoms with Gasteiger partial charge in [-0.2, -0.15) is 13.2 Å². The molecule has 4 aromatic carbocycles. The van der Waals surface area contributed by atoms with E-state index in [-0.39, 0.29) is 5.56 Å². The molecule has 0 aliphatic rings. The second-order valence-corrected chi connectivity index (χ2v) is 9.02. The number of hydrogen-bond acceptors (Lipinski definition) is 3. The fraction of sp³-hybridized carbons (Fsp3) is 0.0714. The van der Waals surface area contributed by atoms with Crippen LogP contribution in [-0.4, -0.2) is 10.2 Å². The van der Waals surface area contributed by atoms with Gasteiger partial charge in [0.05, 0.1) is 21.7 Å². The van der Waals surface area contributed by atoms with Crippen LogP contribution in [0.15, 0.2) is 91.0 Å². The number of alkyl halides is 3. The van der Waals surface area contributed by atoms with Crippen molar-refractivity contribution < 1.29 is 13.2 Å². The average Bonchev–Trinajstić information content (AvgIpc) is 2.88. The molecule has 36 heavy (non-hydrogen) atoms. The number of benzene rings is 4. The summed E-state index contributed by atoms with van der Waals surface area (Å²) in [6.45, 7) is 0. The summed E-state index contributed by atoms with van der Waals surface area (Å²) in [5.74, 6) is 0. The first-order chi connectivity index (χ1) is 17.3. The summed E-state index contributed by atoms with van der Waals surface area (Å²) < 4.78 is 40.3. The molecule has 0 aliphatic carbocycles. The van der Waals surface area contributed by atoms with E-state index in [9.17, 15) is 13.2 Å². The highest BCUT2D eigenvalue weighted by molar-refractivity contribution is 6.35. The van der Waals surface area contributed by atoms with E-state index < -0.39 is 22.8 Å². The topological polar surface area (TPSA) is 51.8 Å². The molecule has 0 spiro atoms. The number of aromatic nitrogens is 2. The van der Waals surface area contributed by atoms with Crippen molar-refractivity contribution in [3.8, 4) is 22.4 Å². The van der Waals surface area contributed by atoms with Crippen LogP contribution in [0.2, 0.25) is 10.0 Å². The van der Waals surface area contributed by atoms with Crippen molar-refractivity contribution in [3.05, 3.63) is 118 Å². The molecule has 1 heterocycles. The van der Waals surface area contributed by atoms with Gasteiger partial charge in [-0.3, -0.25) is 0 Å². The van der Waals surface area contributed by atoms with E-state index in [1.807, 2.05) is 54.6 Å². The molecule has 1 unspecified atom stereocenters. The number of hydrogen-bond donors (Lipinski definition) is 1. The van der Waals surface area contributed by atoms with Gasteiger partial charge < -0.3 is 5.73 Å². The van der Waals surface area contributed by atoms with Crippen molar-refractivity contribution >= 4 is 34.1 Å². The second-order valence-electron chi connectivity index (χ2n) is 8.24. The summed E-state index contributed by atoms with van der Waals surface area (Å²) >= 11 is 12.6. The minimum absolute atomic E-state index is 0.188. The zero-order valence-corrected chi connectivity index (χ0v) is 20.1. The van der Waals surface area contributed by atoms with Crippen LogP contribution >= 0.6 is 23.2 Å². The molecule has 0 amide bonds. The zero-order chi connectivity index (χ0) is 25.4. The quantitative estimate of drug-likeness (QED) is 0.257. The van der Waals surface area contributed by atoms with Gasteiger partial charge in [-0.15, -0.1) is 10.2 Å². The first-order valence-corrected chi connectivity index (χ1v) is 11.7. The SMILES string of the molecule is NC(c1cccc(-c2c(-c3ccccc3)nnc3c(Cl)cccc23)c1)c1cccc(C(F)(F)F)c1Cl. The summed E-state index contributed by atoms with van der Waals surface area (Å²) in [5.41, 5.74) is 9.94. The Hall–Kier alpha value is -3.45. The van der Waals surface area contributed by atoms with E-state index in [0.717, 1.165) is 28.1 Å². The van der Waals surface area contributed by atoms with Crippen molar-refractivity contribution in [2.24, 2.45) is 5.73 Å². The van der Waals surface area contributed by atoms with E-state index in [1.165, 1.54) is 12.1 Å². The molecule has 5 rings (SSSR count). The lowest BCUT2D eigenvalue weighted by Gasteiger charge is -2.19. The lowest BCUT2D eigenvalue weighted by atomic mass is 9.91. The van der Waals surface area contributed by atoms with Crippen molar-refractivity contribution in [1.29, 1.82) is 0 Å². The van der Waals surface area contributed by atoms with Crippen molar-refractivity contribution in [1.82, 2.24) is 10.2 Å². The molecule has 0 fully saturated rings. The predicted molar refractivity (Wildman–Crippen MR) is 138 cm³/mol. The molecule has 3 nitrogen and oxygen atoms in total. The average molecular weight is 524 g/mol. The minimum atomic E-state index is -4.58. The van der Waals surface area contributed by atoms with Crippen LogP contribution in [0, 0.1) is 0 Å². The van der Waals surface area contributed by atoms with Gasteiger partial charge >= 0.3 is 6.18 Å². The largest absolute Gasteiger partial charge is 0.417 e. The Bertz CT molecular complexity index is 1570. The number of halogens is 5. The van der Waals surface area contributed by atoms with E-state index in [1.54, 1.807) is 18.2 Å². The van der Waals surface area contributed by atoms with Gasteiger partial charge in [0.25, 0.3) is 0 Å². The fourth-order valence-corrected chi connectivity index (χ4v) is 4.83. The lowest BCUT2D eigenvalue weighted by Crippen LogP contribution is -2.15. The van der Waals surface area contributed by atoms with Crippen LogP contribution in [0.25, 0.3) is 33.3 Å². The molecule has 0 radical (unpaired) electrons. The maximum atomic E-state index is 13.4. The van der Waals surface area contributed by atoms with Gasteiger partial charge in [0.15, 0.2) is 0 Å². The number of nitrogens with zero attached hydrogens (tertiary/aromatic N) is 2. The lowest BCUT2D eigenvalue weighted by molar-refractivity contribution is -0.137. The van der Waals surface area contributed by atoms with E-state index in [2.05, 4.69) is 10.2 Å². The van der Waals surface area contributed by atoms with Crippen LogP contribution in [-0.2, 0) is 6.18 Å². The molecule has 0 saturated heterocycles. The Morgan fingerprint density at radius 1 is 0.750 bits per heavy atom. The second kappa shape index (κ2) is 9.54. The third-order valence-corrected chi connectivity index (χ3v) is 6.72. The van der Waals surface area contributed by atoms with E-state index in [0.29, 0.717) is 21.8 Å². The monoisotopic (exact) mass is 523 g/mol. The van der Waals surface area contributed by atoms with Crippen LogP contribution < -0.4 is 5.73 Å². The summed E-state index contributed by atoms with van der Waals surface area (Å²) in [6, 6.07) is 25.3. The van der Waals surface area contributed by atoms with E-state index in [4.69, 9.17) is 28.9 Å². The first kappa shape index (κ1) is 24.3. The Morgan fingerprint density at radius 3 is 2.19 bits per heavy atom. The standard InChI is InChI=1S/C28H18Cl2F3N3/c29-22-14-6-11-19-23(26(35-36-27(19)22)16-7-2-1-3-8-16)17-9-4-10-18(15-17)25(34)20-12-5-13-21(24(20)30)28(31,32)33/h1-15,25H,34H2. The highest BCUT2D eigenvalue weighted by Crippen LogP contribution is 2.41. The van der Waals surface area contributed by atoms with Gasteiger partial charge in [0.1, 0.15) is 11.2 Å². The van der Waals surface area contributed by atoms with Gasteiger partial charge in [-0.05, 0) is 34.9 Å². The molecule has 1 aromatic heterocycles. The maximum absolute atomic E-state index is 13.4. The number of rotatable bonds is 4. The first-order valence-electron chi connectivity index (χ1n) is 11.0. The van der Waals surface area contributed by atoms with Crippen molar-refractivity contribution in [2.45, 2.75) is 12.2 Å². The molecular formula is C28H18Cl2F3N3. The predicted octanol–water partition coefficient (Wildman–Crippen LogP) is 8.34. The molecule has 0 bridgehead atoms. The Labute approximate surface area is 215 Å². The summed E-state index contributed by atoms with van der Waals surface area (Å²) in [5, 5.41) is 9.70. The molecular weight excluding hydrogens is 506 g/mol. The highest BCUT2D eigenvalue weighted by atomic mass is 35.5. The fourth-order valence-electron chi connectivity index (χ4n) is 4.26. The van der Waals surface area contributed by atoms with Crippen LogP contribution in [0.5, 0.6) is 0 Å². The molecule has 5 aromatic rings. The highest BCUT2D eigenvalue weighted by Gasteiger charge is 2.34. The zero-order valence-electron chi connectivity index (χ0n) is 18.6. The number of fused-ring (bicyclic) bond motifs is 1. The van der Waals surface area contributed by atoms with Crippen molar-refractivity contribution in [3.63, 3.8) is 0 Å². The Morgan fingerprint density at radius 2 is 1.44 bits per heavy atom.